The lowest BCUT2D eigenvalue weighted by Gasteiger charge is -2.00. The Kier molecular flexibility index (Phi) is 11.1. The monoisotopic (exact) mass is 528 g/mol. The molecule has 0 spiro atoms. The summed E-state index contributed by atoms with van der Waals surface area (Å²) in [4.78, 5) is 15.0. The normalized spacial score (nSPS) is 9.72. The molecule has 0 aliphatic rings. The largest absolute Gasteiger partial charge is 0.488 e. The van der Waals surface area contributed by atoms with E-state index in [9.17, 15) is 0 Å². The third-order valence-electron chi connectivity index (χ3n) is 3.47. The third kappa shape index (κ3) is 9.67. The molecule has 164 valence electrons. The highest BCUT2D eigenvalue weighted by atomic mass is 35.5. The second-order valence-electron chi connectivity index (χ2n) is 5.78. The van der Waals surface area contributed by atoms with Crippen molar-refractivity contribution in [3.63, 3.8) is 0 Å². The van der Waals surface area contributed by atoms with Crippen LogP contribution in [-0.4, -0.2) is 37.1 Å². The van der Waals surface area contributed by atoms with Gasteiger partial charge in [0.25, 0.3) is 0 Å². The summed E-state index contributed by atoms with van der Waals surface area (Å²) in [6.45, 7) is 0. The minimum atomic E-state index is -1.34. The summed E-state index contributed by atoms with van der Waals surface area (Å²) in [7, 11) is -1.34. The van der Waals surface area contributed by atoms with Gasteiger partial charge in [0.15, 0.2) is 0 Å². The topological polar surface area (TPSA) is 92.0 Å². The minimum absolute atomic E-state index is 0.0625. The maximum atomic E-state index is 8.58. The van der Waals surface area contributed by atoms with Crippen molar-refractivity contribution in [2.24, 2.45) is 0 Å². The number of hydrogen-bond donors (Lipinski definition) is 2. The molecule has 0 aliphatic heterocycles. The van der Waals surface area contributed by atoms with E-state index in [0.717, 1.165) is 11.3 Å². The van der Waals surface area contributed by atoms with Crippen molar-refractivity contribution in [3.05, 3.63) is 98.8 Å². The van der Waals surface area contributed by atoms with Crippen LogP contribution in [0.4, 0.5) is 0 Å². The van der Waals surface area contributed by atoms with Crippen molar-refractivity contribution in [1.29, 1.82) is 0 Å². The smallest absolute Gasteiger partial charge is 0.423 e. The van der Waals surface area contributed by atoms with Gasteiger partial charge in [0.1, 0.15) is 15.5 Å². The van der Waals surface area contributed by atoms with E-state index >= 15 is 0 Å². The summed E-state index contributed by atoms with van der Waals surface area (Å²) < 4.78 is 0. The Morgan fingerprint density at radius 3 is 1.41 bits per heavy atom. The molecule has 0 saturated heterocycles. The Labute approximate surface area is 209 Å². The zero-order valence-corrected chi connectivity index (χ0v) is 19.9. The predicted molar refractivity (Wildman–Crippen MR) is 131 cm³/mol. The predicted octanol–water partition coefficient (Wildman–Crippen LogP) is 5.25. The first-order valence-electron chi connectivity index (χ1n) is 8.76. The summed E-state index contributed by atoms with van der Waals surface area (Å²) >= 11 is 27.7. The second-order valence-corrected chi connectivity index (χ2v) is 7.62. The van der Waals surface area contributed by atoms with Crippen molar-refractivity contribution in [2.45, 2.75) is 0 Å². The second kappa shape index (κ2) is 13.6. The van der Waals surface area contributed by atoms with Gasteiger partial charge in [-0.2, -0.15) is 0 Å². The van der Waals surface area contributed by atoms with Crippen molar-refractivity contribution in [3.8, 4) is 11.3 Å². The Morgan fingerprint density at radius 2 is 1.00 bits per heavy atom. The fourth-order valence-electron chi connectivity index (χ4n) is 2.14. The van der Waals surface area contributed by atoms with Gasteiger partial charge in [0.05, 0.1) is 5.69 Å². The van der Waals surface area contributed by atoms with E-state index in [1.165, 1.54) is 6.07 Å². The Hall–Kier alpha value is -1.97. The van der Waals surface area contributed by atoms with Gasteiger partial charge in [-0.05, 0) is 28.7 Å². The van der Waals surface area contributed by atoms with E-state index in [-0.39, 0.29) is 20.9 Å². The Bertz CT molecular complexity index is 1050. The Morgan fingerprint density at radius 1 is 0.562 bits per heavy atom. The number of benzene rings is 2. The van der Waals surface area contributed by atoms with Gasteiger partial charge in [-0.25, -0.2) is 19.9 Å². The van der Waals surface area contributed by atoms with Crippen LogP contribution in [-0.2, 0) is 0 Å². The Balaban J connectivity index is 0.000000178. The van der Waals surface area contributed by atoms with Crippen molar-refractivity contribution >= 4 is 70.6 Å². The van der Waals surface area contributed by atoms with Crippen molar-refractivity contribution < 1.29 is 10.0 Å². The van der Waals surface area contributed by atoms with Crippen molar-refractivity contribution in [1.82, 2.24) is 19.9 Å². The quantitative estimate of drug-likeness (QED) is 0.209. The molecular formula is C20H14BCl5N4O2. The van der Waals surface area contributed by atoms with Crippen LogP contribution >= 0.6 is 58.0 Å². The van der Waals surface area contributed by atoms with Crippen molar-refractivity contribution in [2.75, 3.05) is 0 Å². The molecule has 2 aromatic carbocycles. The molecule has 4 rings (SSSR count). The maximum Gasteiger partial charge on any atom is 0.488 e. The molecule has 0 radical (unpaired) electrons. The summed E-state index contributed by atoms with van der Waals surface area (Å²) in [5.74, 6) is 0. The highest BCUT2D eigenvalue weighted by molar-refractivity contribution is 6.58. The fourth-order valence-corrected chi connectivity index (χ4v) is 3.24. The average molecular weight is 530 g/mol. The molecular weight excluding hydrogens is 516 g/mol. The van der Waals surface area contributed by atoms with Gasteiger partial charge in [0.2, 0.25) is 10.6 Å². The molecule has 0 fully saturated rings. The molecule has 0 atom stereocenters. The molecule has 0 saturated carbocycles. The summed E-state index contributed by atoms with van der Waals surface area (Å²) in [6, 6.07) is 21.4. The van der Waals surface area contributed by atoms with Crippen LogP contribution in [0.2, 0.25) is 26.0 Å². The molecule has 0 bridgehead atoms. The molecule has 6 nitrogen and oxygen atoms in total. The molecule has 0 unspecified atom stereocenters. The van der Waals surface area contributed by atoms with Gasteiger partial charge >= 0.3 is 7.12 Å². The molecule has 0 aliphatic carbocycles. The first-order valence-corrected chi connectivity index (χ1v) is 10.7. The standard InChI is InChI=1S/C10H6Cl2N2.C6H7BO2.C4HCl3N2/c11-9-6-8(13-10(12)14-9)7-4-2-1-3-5-7;8-7(9)6-4-2-1-3-5-6;5-2-1-3(6)9-4(7)8-2/h1-6H;1-5,8-9H;1H. The minimum Gasteiger partial charge on any atom is -0.423 e. The van der Waals surface area contributed by atoms with Gasteiger partial charge in [-0.3, -0.25) is 0 Å². The van der Waals surface area contributed by atoms with Crippen LogP contribution in [0.5, 0.6) is 0 Å². The summed E-state index contributed by atoms with van der Waals surface area (Å²) in [6.07, 6.45) is 0. The fraction of sp³-hybridized carbons (Fsp3) is 0. The molecule has 32 heavy (non-hydrogen) atoms. The summed E-state index contributed by atoms with van der Waals surface area (Å²) in [5.41, 5.74) is 2.23. The lowest BCUT2D eigenvalue weighted by Crippen LogP contribution is -2.29. The van der Waals surface area contributed by atoms with Gasteiger partial charge in [0, 0.05) is 17.7 Å². The first-order chi connectivity index (χ1) is 15.2. The van der Waals surface area contributed by atoms with E-state index in [4.69, 9.17) is 68.1 Å². The zero-order chi connectivity index (χ0) is 23.5. The van der Waals surface area contributed by atoms with Crippen LogP contribution < -0.4 is 5.46 Å². The highest BCUT2D eigenvalue weighted by Gasteiger charge is 2.07. The molecule has 2 heterocycles. The van der Waals surface area contributed by atoms with E-state index < -0.39 is 7.12 Å². The number of aromatic nitrogens is 4. The highest BCUT2D eigenvalue weighted by Crippen LogP contribution is 2.20. The lowest BCUT2D eigenvalue weighted by atomic mass is 9.81. The number of nitrogens with zero attached hydrogens (tertiary/aromatic N) is 4. The molecule has 4 aromatic rings. The zero-order valence-electron chi connectivity index (χ0n) is 16.1. The number of halogens is 5. The first kappa shape index (κ1) is 26.3. The van der Waals surface area contributed by atoms with Crippen LogP contribution in [0, 0.1) is 0 Å². The van der Waals surface area contributed by atoms with Crippen LogP contribution in [0.1, 0.15) is 0 Å². The van der Waals surface area contributed by atoms with Crippen LogP contribution in [0.25, 0.3) is 11.3 Å². The lowest BCUT2D eigenvalue weighted by molar-refractivity contribution is 0.426. The molecule has 2 aromatic heterocycles. The number of hydrogen-bond acceptors (Lipinski definition) is 6. The molecule has 2 N–H and O–H groups in total. The van der Waals surface area contributed by atoms with E-state index in [2.05, 4.69) is 19.9 Å². The van der Waals surface area contributed by atoms with Crippen LogP contribution in [0.3, 0.4) is 0 Å². The van der Waals surface area contributed by atoms with Crippen LogP contribution in [0.15, 0.2) is 72.8 Å². The molecule has 0 amide bonds. The summed E-state index contributed by atoms with van der Waals surface area (Å²) in [5, 5.41) is 18.2. The average Bonchev–Trinajstić information content (AvgIpc) is 2.74. The van der Waals surface area contributed by atoms with E-state index in [1.54, 1.807) is 30.3 Å². The third-order valence-corrected chi connectivity index (χ3v) is 4.39. The number of rotatable bonds is 2. The van der Waals surface area contributed by atoms with Gasteiger partial charge in [-0.1, -0.05) is 95.5 Å². The SMILES string of the molecule is Clc1cc(-c2ccccc2)nc(Cl)n1.Clc1cc(Cl)nc(Cl)n1.OB(O)c1ccccc1. The van der Waals surface area contributed by atoms with E-state index in [1.807, 2.05) is 36.4 Å². The van der Waals surface area contributed by atoms with Gasteiger partial charge < -0.3 is 10.0 Å². The maximum absolute atomic E-state index is 8.58. The van der Waals surface area contributed by atoms with Gasteiger partial charge in [-0.15, -0.1) is 0 Å². The molecule has 12 heteroatoms. The van der Waals surface area contributed by atoms with E-state index in [0.29, 0.717) is 10.6 Å².